The van der Waals surface area contributed by atoms with E-state index in [-0.39, 0.29) is 4.90 Å². The molecule has 7 heteroatoms. The van der Waals surface area contributed by atoms with Crippen LogP contribution in [0.1, 0.15) is 24.1 Å². The quantitative estimate of drug-likeness (QED) is 0.588. The minimum absolute atomic E-state index is 0.190. The van der Waals surface area contributed by atoms with Crippen molar-refractivity contribution in [2.45, 2.75) is 24.4 Å². The number of hydrogen-bond donors (Lipinski definition) is 0. The zero-order chi connectivity index (χ0) is 18.7. The zero-order valence-corrected chi connectivity index (χ0v) is 17.0. The van der Waals surface area contributed by atoms with Crippen LogP contribution in [0, 0.1) is 0 Å². The van der Waals surface area contributed by atoms with Gasteiger partial charge in [-0.15, -0.1) is 0 Å². The van der Waals surface area contributed by atoms with Crippen LogP contribution in [0.25, 0.3) is 0 Å². The molecule has 1 aromatic heterocycles. The van der Waals surface area contributed by atoms with E-state index in [1.807, 2.05) is 61.5 Å². The first kappa shape index (κ1) is 18.8. The van der Waals surface area contributed by atoms with E-state index in [1.165, 1.54) is 10.5 Å². The van der Waals surface area contributed by atoms with E-state index in [0.29, 0.717) is 6.54 Å². The normalized spacial score (nSPS) is 13.1. The fraction of sp³-hybridized carbons (Fsp3) is 0.211. The van der Waals surface area contributed by atoms with Crippen molar-refractivity contribution in [1.82, 2.24) is 14.1 Å². The van der Waals surface area contributed by atoms with Crippen molar-refractivity contribution in [3.05, 3.63) is 82.6 Å². The van der Waals surface area contributed by atoms with Crippen molar-refractivity contribution in [2.75, 3.05) is 7.05 Å². The Morgan fingerprint density at radius 2 is 1.77 bits per heavy atom. The second kappa shape index (κ2) is 7.73. The van der Waals surface area contributed by atoms with Crippen molar-refractivity contribution in [2.24, 2.45) is 0 Å². The highest BCUT2D eigenvalue weighted by Crippen LogP contribution is 2.35. The van der Waals surface area contributed by atoms with E-state index in [0.717, 1.165) is 15.6 Å². The average molecular weight is 434 g/mol. The molecule has 0 radical (unpaired) electrons. The summed E-state index contributed by atoms with van der Waals surface area (Å²) in [4.78, 5) is 0.190. The van der Waals surface area contributed by atoms with Gasteiger partial charge in [-0.3, -0.25) is 4.68 Å². The molecule has 0 aliphatic carbocycles. The van der Waals surface area contributed by atoms with Gasteiger partial charge >= 0.3 is 0 Å². The van der Waals surface area contributed by atoms with Gasteiger partial charge in [-0.25, -0.2) is 8.42 Å². The summed E-state index contributed by atoms with van der Waals surface area (Å²) >= 11 is 3.56. The molecular weight excluding hydrogens is 414 g/mol. The first-order valence-corrected chi connectivity index (χ1v) is 10.5. The van der Waals surface area contributed by atoms with Crippen LogP contribution >= 0.6 is 15.9 Å². The lowest BCUT2D eigenvalue weighted by atomic mass is 9.99. The van der Waals surface area contributed by atoms with Gasteiger partial charge in [-0.2, -0.15) is 9.40 Å². The molecule has 3 rings (SSSR count). The summed E-state index contributed by atoms with van der Waals surface area (Å²) < 4.78 is 30.3. The Bertz CT molecular complexity index is 987. The van der Waals surface area contributed by atoms with Crippen LogP contribution in [0.5, 0.6) is 0 Å². The van der Waals surface area contributed by atoms with Gasteiger partial charge in [-0.05, 0) is 24.1 Å². The molecule has 2 aromatic carbocycles. The number of hydrogen-bond acceptors (Lipinski definition) is 3. The Labute approximate surface area is 162 Å². The third kappa shape index (κ3) is 3.60. The van der Waals surface area contributed by atoms with E-state index in [9.17, 15) is 8.42 Å². The lowest BCUT2D eigenvalue weighted by Gasteiger charge is -2.28. The number of nitrogens with zero attached hydrogens (tertiary/aromatic N) is 3. The highest BCUT2D eigenvalue weighted by molar-refractivity contribution is 9.10. The first-order chi connectivity index (χ1) is 12.4. The lowest BCUT2D eigenvalue weighted by Crippen LogP contribution is -2.32. The second-order valence-corrected chi connectivity index (χ2v) is 8.74. The highest BCUT2D eigenvalue weighted by Gasteiger charge is 2.32. The maximum atomic E-state index is 13.2. The minimum Gasteiger partial charge on any atom is -0.272 e. The Morgan fingerprint density at radius 3 is 2.38 bits per heavy atom. The molecule has 3 aromatic rings. The lowest BCUT2D eigenvalue weighted by molar-refractivity contribution is 0.417. The highest BCUT2D eigenvalue weighted by atomic mass is 79.9. The van der Waals surface area contributed by atoms with E-state index in [2.05, 4.69) is 21.0 Å². The molecule has 0 N–H and O–H groups in total. The minimum atomic E-state index is -3.71. The standard InChI is InChI=1S/C19H20BrN3O2S/c1-3-23-14-16(13-21-23)26(24,25)22(2)19(15-9-5-4-6-10-15)17-11-7-8-12-18(17)20/h4-14,19H,3H2,1-2H3. The number of aryl methyl sites for hydroxylation is 1. The molecular formula is C19H20BrN3O2S. The molecule has 0 spiro atoms. The van der Waals surface area contributed by atoms with Gasteiger partial charge in [0.25, 0.3) is 0 Å². The van der Waals surface area contributed by atoms with Crippen LogP contribution in [-0.2, 0) is 16.6 Å². The fourth-order valence-corrected chi connectivity index (χ4v) is 4.66. The first-order valence-electron chi connectivity index (χ1n) is 8.25. The Balaban J connectivity index is 2.11. The van der Waals surface area contributed by atoms with Gasteiger partial charge in [-0.1, -0.05) is 64.5 Å². The van der Waals surface area contributed by atoms with E-state index in [1.54, 1.807) is 17.9 Å². The van der Waals surface area contributed by atoms with Gasteiger partial charge in [0.05, 0.1) is 12.2 Å². The van der Waals surface area contributed by atoms with Crippen molar-refractivity contribution < 1.29 is 8.42 Å². The molecule has 0 saturated heterocycles. The van der Waals surface area contributed by atoms with Crippen LogP contribution in [0.15, 0.2) is 76.4 Å². The monoisotopic (exact) mass is 433 g/mol. The molecule has 0 aliphatic rings. The van der Waals surface area contributed by atoms with Crippen molar-refractivity contribution in [3.63, 3.8) is 0 Å². The number of benzene rings is 2. The predicted molar refractivity (Wildman–Crippen MR) is 105 cm³/mol. The van der Waals surface area contributed by atoms with Crippen LogP contribution < -0.4 is 0 Å². The zero-order valence-electron chi connectivity index (χ0n) is 14.6. The summed E-state index contributed by atoms with van der Waals surface area (Å²) in [5.41, 5.74) is 1.78. The van der Waals surface area contributed by atoms with Crippen LogP contribution in [0.4, 0.5) is 0 Å². The molecule has 0 aliphatic heterocycles. The van der Waals surface area contributed by atoms with E-state index < -0.39 is 16.1 Å². The second-order valence-electron chi connectivity index (χ2n) is 5.89. The van der Waals surface area contributed by atoms with Gasteiger partial charge in [0.2, 0.25) is 10.0 Å². The Morgan fingerprint density at radius 1 is 1.12 bits per heavy atom. The SMILES string of the molecule is CCn1cc(S(=O)(=O)N(C)C(c2ccccc2)c2ccccc2Br)cn1. The number of sulfonamides is 1. The van der Waals surface area contributed by atoms with Crippen molar-refractivity contribution in [3.8, 4) is 0 Å². The summed E-state index contributed by atoms with van der Waals surface area (Å²) in [5.74, 6) is 0. The summed E-state index contributed by atoms with van der Waals surface area (Å²) in [6, 6.07) is 16.8. The molecule has 0 amide bonds. The summed E-state index contributed by atoms with van der Waals surface area (Å²) in [5, 5.41) is 4.11. The predicted octanol–water partition coefficient (Wildman–Crippen LogP) is 4.08. The van der Waals surface area contributed by atoms with E-state index in [4.69, 9.17) is 0 Å². The molecule has 1 heterocycles. The smallest absolute Gasteiger partial charge is 0.246 e. The number of aromatic nitrogens is 2. The maximum Gasteiger partial charge on any atom is 0.246 e. The molecule has 0 fully saturated rings. The van der Waals surface area contributed by atoms with Gasteiger partial charge < -0.3 is 0 Å². The third-order valence-corrected chi connectivity index (χ3v) is 6.79. The Hall–Kier alpha value is -1.96. The Kier molecular flexibility index (Phi) is 5.60. The molecule has 0 bridgehead atoms. The van der Waals surface area contributed by atoms with Crippen LogP contribution in [0.2, 0.25) is 0 Å². The molecule has 1 unspecified atom stereocenters. The van der Waals surface area contributed by atoms with Crippen LogP contribution in [-0.4, -0.2) is 29.6 Å². The van der Waals surface area contributed by atoms with Crippen molar-refractivity contribution in [1.29, 1.82) is 0 Å². The average Bonchev–Trinajstić information content (AvgIpc) is 3.14. The largest absolute Gasteiger partial charge is 0.272 e. The maximum absolute atomic E-state index is 13.2. The fourth-order valence-electron chi connectivity index (χ4n) is 2.87. The summed E-state index contributed by atoms with van der Waals surface area (Å²) in [6.45, 7) is 2.53. The molecule has 136 valence electrons. The van der Waals surface area contributed by atoms with E-state index >= 15 is 0 Å². The summed E-state index contributed by atoms with van der Waals surface area (Å²) in [7, 11) is -2.10. The van der Waals surface area contributed by atoms with Gasteiger partial charge in [0, 0.05) is 24.3 Å². The molecule has 0 saturated carbocycles. The topological polar surface area (TPSA) is 55.2 Å². The molecule has 26 heavy (non-hydrogen) atoms. The molecule has 1 atom stereocenters. The van der Waals surface area contributed by atoms with Gasteiger partial charge in [0.15, 0.2) is 0 Å². The number of rotatable bonds is 6. The third-order valence-electron chi connectivity index (χ3n) is 4.29. The van der Waals surface area contributed by atoms with Crippen molar-refractivity contribution >= 4 is 26.0 Å². The summed E-state index contributed by atoms with van der Waals surface area (Å²) in [6.07, 6.45) is 2.96. The molecule has 5 nitrogen and oxygen atoms in total. The van der Waals surface area contributed by atoms with Gasteiger partial charge in [0.1, 0.15) is 4.90 Å². The number of halogens is 1. The van der Waals surface area contributed by atoms with Crippen LogP contribution in [0.3, 0.4) is 0 Å².